The van der Waals surface area contributed by atoms with Crippen molar-refractivity contribution in [3.05, 3.63) is 18.7 Å². The maximum absolute atomic E-state index is 11.4. The number of carboxylic acid groups (broad SMARTS) is 1. The number of anilines is 1. The van der Waals surface area contributed by atoms with Crippen LogP contribution in [0.15, 0.2) is 18.7 Å². The van der Waals surface area contributed by atoms with Gasteiger partial charge in [-0.2, -0.15) is 0 Å². The van der Waals surface area contributed by atoms with Crippen molar-refractivity contribution in [1.29, 1.82) is 0 Å². The molecule has 8 nitrogen and oxygen atoms in total. The van der Waals surface area contributed by atoms with E-state index < -0.39 is 12.0 Å². The minimum Gasteiger partial charge on any atom is -0.480 e. The number of fused-ring (bicyclic) bond motifs is 1. The summed E-state index contributed by atoms with van der Waals surface area (Å²) in [7, 11) is 1.58. The first kappa shape index (κ1) is 11.8. The lowest BCUT2D eigenvalue weighted by atomic mass is 10.2. The monoisotopic (exact) mass is 263 g/mol. The van der Waals surface area contributed by atoms with E-state index in [0.717, 1.165) is 0 Å². The molecule has 0 radical (unpaired) electrons. The molecule has 8 heteroatoms. The van der Waals surface area contributed by atoms with Gasteiger partial charge in [-0.25, -0.2) is 9.78 Å². The highest BCUT2D eigenvalue weighted by atomic mass is 16.5. The van der Waals surface area contributed by atoms with Crippen LogP contribution < -0.4 is 4.90 Å². The molecule has 0 bridgehead atoms. The van der Waals surface area contributed by atoms with E-state index in [0.29, 0.717) is 24.4 Å². The number of aliphatic carboxylic acids is 1. The molecule has 3 rings (SSSR count). The number of rotatable bonds is 3. The van der Waals surface area contributed by atoms with Gasteiger partial charge in [0, 0.05) is 32.5 Å². The largest absolute Gasteiger partial charge is 0.480 e. The lowest BCUT2D eigenvalue weighted by Crippen LogP contribution is -2.36. The molecule has 1 aliphatic rings. The third-order valence-electron chi connectivity index (χ3n) is 3.35. The van der Waals surface area contributed by atoms with Gasteiger partial charge in [0.2, 0.25) is 5.65 Å². The van der Waals surface area contributed by atoms with Crippen LogP contribution in [0.1, 0.15) is 6.42 Å². The summed E-state index contributed by atoms with van der Waals surface area (Å²) in [6.07, 6.45) is 5.19. The van der Waals surface area contributed by atoms with Crippen LogP contribution >= 0.6 is 0 Å². The topological polar surface area (TPSA) is 92.9 Å². The highest BCUT2D eigenvalue weighted by Crippen LogP contribution is 2.27. The first-order chi connectivity index (χ1) is 9.20. The number of methoxy groups -OCH3 is 1. The zero-order valence-corrected chi connectivity index (χ0v) is 10.3. The molecule has 0 aliphatic carbocycles. The molecule has 0 aromatic carbocycles. The molecule has 2 atom stereocenters. The Labute approximate surface area is 108 Å². The van der Waals surface area contributed by atoms with Crippen molar-refractivity contribution >= 4 is 17.4 Å². The van der Waals surface area contributed by atoms with Gasteiger partial charge in [-0.1, -0.05) is 0 Å². The van der Waals surface area contributed by atoms with Crippen molar-refractivity contribution in [2.75, 3.05) is 18.6 Å². The van der Waals surface area contributed by atoms with E-state index in [9.17, 15) is 9.90 Å². The molecule has 0 amide bonds. The maximum atomic E-state index is 11.4. The van der Waals surface area contributed by atoms with Gasteiger partial charge in [0.25, 0.3) is 0 Å². The summed E-state index contributed by atoms with van der Waals surface area (Å²) in [5.74, 6) is -0.366. The fraction of sp³-hybridized carbons (Fsp3) is 0.455. The Kier molecular flexibility index (Phi) is 2.79. The number of aromatic nitrogens is 4. The van der Waals surface area contributed by atoms with Gasteiger partial charge >= 0.3 is 5.97 Å². The second kappa shape index (κ2) is 4.47. The van der Waals surface area contributed by atoms with Crippen LogP contribution in [0.2, 0.25) is 0 Å². The van der Waals surface area contributed by atoms with Crippen molar-refractivity contribution in [2.24, 2.45) is 0 Å². The summed E-state index contributed by atoms with van der Waals surface area (Å²) in [6.45, 7) is 0.479. The van der Waals surface area contributed by atoms with E-state index in [2.05, 4.69) is 15.2 Å². The lowest BCUT2D eigenvalue weighted by molar-refractivity contribution is -0.138. The molecule has 2 aromatic heterocycles. The lowest BCUT2D eigenvalue weighted by Gasteiger charge is -2.22. The third kappa shape index (κ3) is 1.89. The van der Waals surface area contributed by atoms with Gasteiger partial charge in [0.05, 0.1) is 6.10 Å². The van der Waals surface area contributed by atoms with Crippen LogP contribution in [0.5, 0.6) is 0 Å². The minimum absolute atomic E-state index is 0.119. The third-order valence-corrected chi connectivity index (χ3v) is 3.35. The molecule has 2 aromatic rings. The first-order valence-corrected chi connectivity index (χ1v) is 5.87. The predicted molar refractivity (Wildman–Crippen MR) is 65.0 cm³/mol. The molecule has 0 saturated carbocycles. The molecule has 1 aliphatic heterocycles. The van der Waals surface area contributed by atoms with Gasteiger partial charge in [0.1, 0.15) is 12.4 Å². The molecular weight excluding hydrogens is 250 g/mol. The highest BCUT2D eigenvalue weighted by Gasteiger charge is 2.38. The van der Waals surface area contributed by atoms with E-state index in [1.54, 1.807) is 35.1 Å². The minimum atomic E-state index is -0.886. The van der Waals surface area contributed by atoms with Gasteiger partial charge in [-0.3, -0.25) is 4.40 Å². The molecule has 100 valence electrons. The van der Waals surface area contributed by atoms with Gasteiger partial charge in [0.15, 0.2) is 5.82 Å². The van der Waals surface area contributed by atoms with Gasteiger partial charge < -0.3 is 14.7 Å². The normalized spacial score (nSPS) is 23.1. The zero-order valence-electron chi connectivity index (χ0n) is 10.3. The van der Waals surface area contributed by atoms with Crippen LogP contribution in [-0.4, -0.2) is 56.5 Å². The van der Waals surface area contributed by atoms with Crippen LogP contribution in [0.25, 0.3) is 5.65 Å². The Hall–Kier alpha value is -2.22. The van der Waals surface area contributed by atoms with E-state index in [-0.39, 0.29) is 6.10 Å². The molecule has 19 heavy (non-hydrogen) atoms. The van der Waals surface area contributed by atoms with Crippen molar-refractivity contribution in [2.45, 2.75) is 18.6 Å². The quantitative estimate of drug-likeness (QED) is 0.819. The van der Waals surface area contributed by atoms with E-state index in [1.165, 1.54) is 0 Å². The zero-order chi connectivity index (χ0) is 13.4. The SMILES string of the molecule is COC1CC(C(=O)O)N(c2nccn3cnnc23)C1. The van der Waals surface area contributed by atoms with E-state index in [4.69, 9.17) is 4.74 Å². The summed E-state index contributed by atoms with van der Waals surface area (Å²) >= 11 is 0. The number of hydrogen-bond donors (Lipinski definition) is 1. The van der Waals surface area contributed by atoms with Gasteiger partial charge in [-0.05, 0) is 0 Å². The second-order valence-corrected chi connectivity index (χ2v) is 4.41. The van der Waals surface area contributed by atoms with Crippen LogP contribution in [0, 0.1) is 0 Å². The van der Waals surface area contributed by atoms with Crippen LogP contribution in [0.3, 0.4) is 0 Å². The Morgan fingerprint density at radius 2 is 2.42 bits per heavy atom. The predicted octanol–water partition coefficient (Wildman–Crippen LogP) is -0.197. The summed E-state index contributed by atoms with van der Waals surface area (Å²) in [5, 5.41) is 17.1. The Balaban J connectivity index is 2.04. The molecule has 0 spiro atoms. The summed E-state index contributed by atoms with van der Waals surface area (Å²) in [6, 6.07) is -0.652. The Morgan fingerprint density at radius 1 is 1.58 bits per heavy atom. The van der Waals surface area contributed by atoms with Crippen molar-refractivity contribution in [3.63, 3.8) is 0 Å². The second-order valence-electron chi connectivity index (χ2n) is 4.41. The van der Waals surface area contributed by atoms with Crippen molar-refractivity contribution in [3.8, 4) is 0 Å². The van der Waals surface area contributed by atoms with Gasteiger partial charge in [-0.15, -0.1) is 10.2 Å². The van der Waals surface area contributed by atoms with Crippen molar-refractivity contribution < 1.29 is 14.6 Å². The van der Waals surface area contributed by atoms with Crippen LogP contribution in [-0.2, 0) is 9.53 Å². The Morgan fingerprint density at radius 3 is 3.16 bits per heavy atom. The Bertz CT molecular complexity index is 613. The smallest absolute Gasteiger partial charge is 0.326 e. The summed E-state index contributed by atoms with van der Waals surface area (Å²) < 4.78 is 6.97. The van der Waals surface area contributed by atoms with E-state index >= 15 is 0 Å². The van der Waals surface area contributed by atoms with Crippen molar-refractivity contribution in [1.82, 2.24) is 19.6 Å². The molecule has 1 N–H and O–H groups in total. The number of carbonyl (C=O) groups is 1. The molecule has 3 heterocycles. The van der Waals surface area contributed by atoms with Crippen LogP contribution in [0.4, 0.5) is 5.82 Å². The number of nitrogens with zero attached hydrogens (tertiary/aromatic N) is 5. The summed E-state index contributed by atoms with van der Waals surface area (Å²) in [5.41, 5.74) is 0.547. The highest BCUT2D eigenvalue weighted by molar-refractivity contribution is 5.81. The first-order valence-electron chi connectivity index (χ1n) is 5.87. The molecule has 1 saturated heterocycles. The number of hydrogen-bond acceptors (Lipinski definition) is 6. The standard InChI is InChI=1S/C11H13N5O3/c1-19-7-4-8(11(17)18)16(5-7)9-10-14-13-6-15(10)3-2-12-9/h2-3,6-8H,4-5H2,1H3,(H,17,18). The fourth-order valence-corrected chi connectivity index (χ4v) is 2.38. The fourth-order valence-electron chi connectivity index (χ4n) is 2.38. The van der Waals surface area contributed by atoms with E-state index in [1.807, 2.05) is 0 Å². The number of ether oxygens (including phenoxy) is 1. The summed E-state index contributed by atoms with van der Waals surface area (Å²) in [4.78, 5) is 17.3. The molecule has 2 unspecified atom stereocenters. The molecular formula is C11H13N5O3. The average Bonchev–Trinajstić information content (AvgIpc) is 3.04. The number of carboxylic acids is 1. The average molecular weight is 263 g/mol. The molecule has 1 fully saturated rings. The maximum Gasteiger partial charge on any atom is 0.326 e.